The number of anilines is 2. The number of aromatic nitrogens is 2. The third-order valence-corrected chi connectivity index (χ3v) is 5.68. The lowest BCUT2D eigenvalue weighted by atomic mass is 10.1. The van der Waals surface area contributed by atoms with Crippen molar-refractivity contribution >= 4 is 40.3 Å². The highest BCUT2D eigenvalue weighted by Gasteiger charge is 2.15. The van der Waals surface area contributed by atoms with E-state index in [0.717, 1.165) is 11.3 Å². The predicted molar refractivity (Wildman–Crippen MR) is 129 cm³/mol. The summed E-state index contributed by atoms with van der Waals surface area (Å²) in [5.74, 6) is -1.03. The van der Waals surface area contributed by atoms with Crippen molar-refractivity contribution in [1.82, 2.24) is 10.2 Å². The van der Waals surface area contributed by atoms with Gasteiger partial charge in [0, 0.05) is 16.8 Å². The summed E-state index contributed by atoms with van der Waals surface area (Å²) < 4.78 is 19.4. The highest BCUT2D eigenvalue weighted by molar-refractivity contribution is 7.13. The molecule has 0 bridgehead atoms. The van der Waals surface area contributed by atoms with Crippen molar-refractivity contribution in [3.8, 4) is 5.75 Å². The van der Waals surface area contributed by atoms with Gasteiger partial charge in [0.05, 0.1) is 5.69 Å². The van der Waals surface area contributed by atoms with Crippen molar-refractivity contribution in [2.75, 3.05) is 10.6 Å². The van der Waals surface area contributed by atoms with Gasteiger partial charge in [-0.15, -0.1) is 10.2 Å². The summed E-state index contributed by atoms with van der Waals surface area (Å²) >= 11 is 1.03. The van der Waals surface area contributed by atoms with Gasteiger partial charge in [0.2, 0.25) is 5.01 Å². The van der Waals surface area contributed by atoms with E-state index < -0.39 is 11.7 Å². The molecular weight excluding hydrogens is 471 g/mol. The highest BCUT2D eigenvalue weighted by Crippen LogP contribution is 2.19. The lowest BCUT2D eigenvalue weighted by Crippen LogP contribution is -2.12. The van der Waals surface area contributed by atoms with Crippen molar-refractivity contribution in [3.05, 3.63) is 99.8 Å². The molecule has 0 unspecified atom stereocenters. The molecule has 0 fully saturated rings. The Morgan fingerprint density at radius 3 is 2.40 bits per heavy atom. The van der Waals surface area contributed by atoms with Crippen LogP contribution < -0.4 is 15.4 Å². The third-order valence-electron chi connectivity index (χ3n) is 4.79. The average molecular weight is 491 g/mol. The molecule has 3 aromatic carbocycles. The van der Waals surface area contributed by atoms with E-state index in [1.807, 2.05) is 0 Å². The Balaban J connectivity index is 1.32. The molecule has 4 aromatic rings. The lowest BCUT2D eigenvalue weighted by molar-refractivity contribution is 0.101. The fraction of sp³-hybridized carbons (Fsp3) is 0.0800. The summed E-state index contributed by atoms with van der Waals surface area (Å²) in [7, 11) is 0. The van der Waals surface area contributed by atoms with E-state index in [1.54, 1.807) is 54.6 Å². The van der Waals surface area contributed by atoms with Gasteiger partial charge in [-0.1, -0.05) is 35.6 Å². The SMILES string of the molecule is CC(=O)c1cccc(NC(=O)c2ccc(OCc3nnc(C(=O)Nc4ccccc4F)s3)cc2)c1. The molecule has 10 heteroatoms. The average Bonchev–Trinajstić information content (AvgIpc) is 3.34. The number of para-hydroxylation sites is 1. The van der Waals surface area contributed by atoms with Gasteiger partial charge >= 0.3 is 0 Å². The van der Waals surface area contributed by atoms with Crippen LogP contribution in [0.2, 0.25) is 0 Å². The predicted octanol–water partition coefficient (Wildman–Crippen LogP) is 4.96. The van der Waals surface area contributed by atoms with Gasteiger partial charge in [-0.3, -0.25) is 14.4 Å². The third kappa shape index (κ3) is 6.12. The molecule has 2 N–H and O–H groups in total. The Morgan fingerprint density at radius 2 is 1.66 bits per heavy atom. The molecule has 0 atom stereocenters. The van der Waals surface area contributed by atoms with Gasteiger partial charge in [0.1, 0.15) is 18.2 Å². The zero-order valence-electron chi connectivity index (χ0n) is 18.4. The van der Waals surface area contributed by atoms with Crippen LogP contribution in [0.15, 0.2) is 72.8 Å². The van der Waals surface area contributed by atoms with Crippen LogP contribution in [0, 0.1) is 5.82 Å². The second kappa shape index (κ2) is 10.7. The summed E-state index contributed by atoms with van der Waals surface area (Å²) in [5, 5.41) is 13.5. The van der Waals surface area contributed by atoms with Gasteiger partial charge in [-0.2, -0.15) is 0 Å². The molecule has 0 spiro atoms. The van der Waals surface area contributed by atoms with Crippen molar-refractivity contribution in [2.24, 2.45) is 0 Å². The topological polar surface area (TPSA) is 110 Å². The number of rotatable bonds is 8. The Hall–Kier alpha value is -4.44. The van der Waals surface area contributed by atoms with E-state index in [-0.39, 0.29) is 29.0 Å². The molecule has 1 heterocycles. The molecule has 0 saturated heterocycles. The lowest BCUT2D eigenvalue weighted by Gasteiger charge is -2.08. The summed E-state index contributed by atoms with van der Waals surface area (Å²) in [6, 6.07) is 19.0. The van der Waals surface area contributed by atoms with Crippen molar-refractivity contribution < 1.29 is 23.5 Å². The van der Waals surface area contributed by atoms with Crippen LogP contribution in [0.4, 0.5) is 15.8 Å². The Bertz CT molecular complexity index is 1390. The first kappa shape index (κ1) is 23.7. The number of nitrogens with zero attached hydrogens (tertiary/aromatic N) is 2. The second-order valence-electron chi connectivity index (χ2n) is 7.34. The Morgan fingerprint density at radius 1 is 0.886 bits per heavy atom. The summed E-state index contributed by atoms with van der Waals surface area (Å²) in [6.07, 6.45) is 0. The van der Waals surface area contributed by atoms with Crippen LogP contribution in [0.1, 0.15) is 42.4 Å². The first-order chi connectivity index (χ1) is 16.9. The highest BCUT2D eigenvalue weighted by atomic mass is 32.1. The quantitative estimate of drug-likeness (QED) is 0.338. The van der Waals surface area contributed by atoms with E-state index in [0.29, 0.717) is 27.6 Å². The molecular formula is C25H19FN4O4S. The molecule has 35 heavy (non-hydrogen) atoms. The molecule has 1 aromatic heterocycles. The largest absolute Gasteiger partial charge is 0.486 e. The van der Waals surface area contributed by atoms with Gasteiger partial charge in [0.25, 0.3) is 11.8 Å². The van der Waals surface area contributed by atoms with Crippen LogP contribution in [0.3, 0.4) is 0 Å². The zero-order chi connectivity index (χ0) is 24.8. The minimum atomic E-state index is -0.567. The first-order valence-electron chi connectivity index (χ1n) is 10.4. The van der Waals surface area contributed by atoms with E-state index in [4.69, 9.17) is 4.74 Å². The normalized spacial score (nSPS) is 10.5. The maximum absolute atomic E-state index is 13.7. The molecule has 2 amide bonds. The summed E-state index contributed by atoms with van der Waals surface area (Å²) in [5.41, 5.74) is 1.50. The van der Waals surface area contributed by atoms with Crippen LogP contribution in [-0.4, -0.2) is 27.8 Å². The molecule has 0 aliphatic heterocycles. The van der Waals surface area contributed by atoms with E-state index in [2.05, 4.69) is 20.8 Å². The minimum Gasteiger partial charge on any atom is -0.486 e. The van der Waals surface area contributed by atoms with E-state index >= 15 is 0 Å². The molecule has 0 aliphatic carbocycles. The number of hydrogen-bond acceptors (Lipinski definition) is 7. The summed E-state index contributed by atoms with van der Waals surface area (Å²) in [6.45, 7) is 1.52. The number of amides is 2. The Kier molecular flexibility index (Phi) is 7.22. The number of nitrogens with one attached hydrogen (secondary N) is 2. The number of ether oxygens (including phenoxy) is 1. The van der Waals surface area contributed by atoms with Crippen LogP contribution in [0.25, 0.3) is 0 Å². The van der Waals surface area contributed by atoms with Gasteiger partial charge in [0.15, 0.2) is 10.8 Å². The number of benzene rings is 3. The van der Waals surface area contributed by atoms with Gasteiger partial charge < -0.3 is 15.4 Å². The van der Waals surface area contributed by atoms with E-state index in [1.165, 1.54) is 25.1 Å². The fourth-order valence-electron chi connectivity index (χ4n) is 3.01. The standard InChI is InChI=1S/C25H19FN4O4S/c1-15(31)17-5-4-6-18(13-17)27-23(32)16-9-11-19(12-10-16)34-14-22-29-30-25(35-22)24(33)28-21-8-3-2-7-20(21)26/h2-13H,14H2,1H3,(H,27,32)(H,28,33). The monoisotopic (exact) mass is 490 g/mol. The fourth-order valence-corrected chi connectivity index (χ4v) is 3.66. The number of ketones is 1. The Labute approximate surface area is 203 Å². The van der Waals surface area contributed by atoms with Crippen molar-refractivity contribution in [3.63, 3.8) is 0 Å². The molecule has 0 aliphatic rings. The first-order valence-corrected chi connectivity index (χ1v) is 11.2. The number of halogens is 1. The van der Waals surface area contributed by atoms with Gasteiger partial charge in [-0.05, 0) is 55.5 Å². The zero-order valence-corrected chi connectivity index (χ0v) is 19.3. The van der Waals surface area contributed by atoms with Gasteiger partial charge in [-0.25, -0.2) is 4.39 Å². The molecule has 0 saturated carbocycles. The second-order valence-corrected chi connectivity index (χ2v) is 8.40. The maximum Gasteiger partial charge on any atom is 0.286 e. The molecule has 8 nitrogen and oxygen atoms in total. The van der Waals surface area contributed by atoms with E-state index in [9.17, 15) is 18.8 Å². The summed E-state index contributed by atoms with van der Waals surface area (Å²) in [4.78, 5) is 36.3. The molecule has 176 valence electrons. The van der Waals surface area contributed by atoms with Crippen LogP contribution >= 0.6 is 11.3 Å². The molecule has 0 radical (unpaired) electrons. The number of carbonyl (C=O) groups is 3. The molecule has 4 rings (SSSR count). The van der Waals surface area contributed by atoms with Crippen LogP contribution in [0.5, 0.6) is 5.75 Å². The smallest absolute Gasteiger partial charge is 0.286 e. The van der Waals surface area contributed by atoms with Crippen molar-refractivity contribution in [1.29, 1.82) is 0 Å². The number of carbonyl (C=O) groups excluding carboxylic acids is 3. The number of hydrogen-bond donors (Lipinski definition) is 2. The minimum absolute atomic E-state index is 0.0567. The maximum atomic E-state index is 13.7. The number of Topliss-reactive ketones (excluding diaryl/α,β-unsaturated/α-hetero) is 1. The van der Waals surface area contributed by atoms with Crippen molar-refractivity contribution in [2.45, 2.75) is 13.5 Å². The van der Waals surface area contributed by atoms with Crippen LogP contribution in [-0.2, 0) is 6.61 Å².